The van der Waals surface area contributed by atoms with Gasteiger partial charge in [-0.1, -0.05) is 11.3 Å². The van der Waals surface area contributed by atoms with Crippen LogP contribution in [-0.4, -0.2) is 27.0 Å². The Morgan fingerprint density at radius 1 is 1.35 bits per heavy atom. The maximum atomic E-state index is 11.9. The number of carboxylic acid groups (broad SMARTS) is 1. The van der Waals surface area contributed by atoms with Crippen LogP contribution in [0.4, 0.5) is 5.13 Å². The molecular formula is C13H11N3O3S. The first kappa shape index (κ1) is 13.9. The average Bonchev–Trinajstić information content (AvgIpc) is 2.84. The molecule has 0 unspecified atom stereocenters. The van der Waals surface area contributed by atoms with Crippen molar-refractivity contribution >= 4 is 34.4 Å². The molecule has 1 amide bonds. The summed E-state index contributed by atoms with van der Waals surface area (Å²) < 4.78 is 0. The third-order valence-corrected chi connectivity index (χ3v) is 3.15. The summed E-state index contributed by atoms with van der Waals surface area (Å²) in [5, 5.41) is 11.6. The minimum atomic E-state index is -1.03. The van der Waals surface area contributed by atoms with Crippen LogP contribution in [0.1, 0.15) is 20.8 Å². The molecule has 102 valence electrons. The highest BCUT2D eigenvalue weighted by Gasteiger charge is 2.09. The number of hydrogen-bond donors (Lipinski definition) is 2. The third-order valence-electron chi connectivity index (χ3n) is 2.27. The Labute approximate surface area is 118 Å². The maximum absolute atomic E-state index is 11.9. The van der Waals surface area contributed by atoms with E-state index in [0.29, 0.717) is 15.6 Å². The second kappa shape index (κ2) is 6.07. The quantitative estimate of drug-likeness (QED) is 0.842. The molecule has 20 heavy (non-hydrogen) atoms. The molecule has 0 atom stereocenters. The van der Waals surface area contributed by atoms with Crippen molar-refractivity contribution in [1.82, 2.24) is 9.97 Å². The summed E-state index contributed by atoms with van der Waals surface area (Å²) in [6, 6.07) is 1.72. The molecule has 2 rings (SSSR count). The lowest BCUT2D eigenvalue weighted by molar-refractivity contribution is -0.131. The predicted molar refractivity (Wildman–Crippen MR) is 75.7 cm³/mol. The van der Waals surface area contributed by atoms with E-state index in [1.807, 2.05) is 6.92 Å². The van der Waals surface area contributed by atoms with E-state index >= 15 is 0 Å². The van der Waals surface area contributed by atoms with Gasteiger partial charge < -0.3 is 5.11 Å². The summed E-state index contributed by atoms with van der Waals surface area (Å²) in [4.78, 5) is 30.9. The van der Waals surface area contributed by atoms with Crippen LogP contribution in [0.15, 0.2) is 30.7 Å². The number of carbonyl (C=O) groups excluding carboxylic acids is 1. The van der Waals surface area contributed by atoms with E-state index in [4.69, 9.17) is 5.11 Å². The summed E-state index contributed by atoms with van der Waals surface area (Å²) in [7, 11) is 0. The minimum Gasteiger partial charge on any atom is -0.478 e. The van der Waals surface area contributed by atoms with Crippen molar-refractivity contribution in [2.75, 3.05) is 5.32 Å². The van der Waals surface area contributed by atoms with Crippen molar-refractivity contribution in [3.05, 3.63) is 46.7 Å². The third kappa shape index (κ3) is 3.72. The average molecular weight is 289 g/mol. The highest BCUT2D eigenvalue weighted by Crippen LogP contribution is 2.20. The number of thiazole rings is 1. The van der Waals surface area contributed by atoms with Gasteiger partial charge in [-0.15, -0.1) is 0 Å². The molecule has 0 aliphatic heterocycles. The number of aliphatic carboxylic acids is 1. The molecule has 0 spiro atoms. The van der Waals surface area contributed by atoms with Gasteiger partial charge in [-0.25, -0.2) is 9.78 Å². The number of carboxylic acids is 1. The van der Waals surface area contributed by atoms with E-state index < -0.39 is 5.97 Å². The van der Waals surface area contributed by atoms with Gasteiger partial charge in [0.15, 0.2) is 5.13 Å². The molecule has 6 nitrogen and oxygen atoms in total. The lowest BCUT2D eigenvalue weighted by Crippen LogP contribution is -2.12. The zero-order valence-corrected chi connectivity index (χ0v) is 11.3. The fraction of sp³-hybridized carbons (Fsp3) is 0.0769. The van der Waals surface area contributed by atoms with Gasteiger partial charge in [-0.3, -0.25) is 15.1 Å². The molecule has 0 saturated carbocycles. The SMILES string of the molecule is Cc1cncc(C(=O)Nc2ncc(C=CC(=O)O)s2)c1. The number of hydrogen-bond acceptors (Lipinski definition) is 5. The van der Waals surface area contributed by atoms with Crippen LogP contribution in [0.25, 0.3) is 6.08 Å². The van der Waals surface area contributed by atoms with Crippen molar-refractivity contribution in [2.45, 2.75) is 6.92 Å². The normalized spacial score (nSPS) is 10.7. The van der Waals surface area contributed by atoms with Gasteiger partial charge in [0.05, 0.1) is 5.56 Å². The van der Waals surface area contributed by atoms with Gasteiger partial charge in [-0.05, 0) is 24.6 Å². The van der Waals surface area contributed by atoms with Gasteiger partial charge in [0.1, 0.15) is 0 Å². The minimum absolute atomic E-state index is 0.302. The van der Waals surface area contributed by atoms with Crippen molar-refractivity contribution in [1.29, 1.82) is 0 Å². The van der Waals surface area contributed by atoms with E-state index in [1.54, 1.807) is 12.3 Å². The summed E-state index contributed by atoms with van der Waals surface area (Å²) in [6.07, 6.45) is 7.07. The zero-order valence-electron chi connectivity index (χ0n) is 10.5. The number of aryl methyl sites for hydroxylation is 1. The van der Waals surface area contributed by atoms with Gasteiger partial charge in [-0.2, -0.15) is 0 Å². The van der Waals surface area contributed by atoms with Crippen LogP contribution in [0.3, 0.4) is 0 Å². The molecule has 0 aliphatic carbocycles. The molecule has 2 aromatic heterocycles. The highest BCUT2D eigenvalue weighted by atomic mass is 32.1. The van der Waals surface area contributed by atoms with Gasteiger partial charge in [0.2, 0.25) is 0 Å². The van der Waals surface area contributed by atoms with Crippen molar-refractivity contribution in [2.24, 2.45) is 0 Å². The number of aromatic nitrogens is 2. The van der Waals surface area contributed by atoms with Crippen molar-refractivity contribution in [3.8, 4) is 0 Å². The Morgan fingerprint density at radius 2 is 2.15 bits per heavy atom. The van der Waals surface area contributed by atoms with E-state index in [-0.39, 0.29) is 5.91 Å². The van der Waals surface area contributed by atoms with E-state index in [1.165, 1.54) is 29.8 Å². The molecule has 0 radical (unpaired) electrons. The molecule has 0 saturated heterocycles. The molecule has 0 aliphatic rings. The molecule has 2 heterocycles. The standard InChI is InChI=1S/C13H11N3O3S/c1-8-4-9(6-14-5-8)12(19)16-13-15-7-10(20-13)2-3-11(17)18/h2-7H,1H3,(H,17,18)(H,15,16,19). The Bertz CT molecular complexity index is 679. The number of rotatable bonds is 4. The maximum Gasteiger partial charge on any atom is 0.328 e. The molecule has 2 N–H and O–H groups in total. The summed E-state index contributed by atoms with van der Waals surface area (Å²) >= 11 is 1.19. The zero-order chi connectivity index (χ0) is 14.5. The summed E-state index contributed by atoms with van der Waals surface area (Å²) in [5.41, 5.74) is 1.34. The first-order valence-corrected chi connectivity index (χ1v) is 6.46. The second-order valence-corrected chi connectivity index (χ2v) is 5.01. The van der Waals surface area contributed by atoms with Crippen molar-refractivity contribution in [3.63, 3.8) is 0 Å². The van der Waals surface area contributed by atoms with Crippen LogP contribution < -0.4 is 5.32 Å². The van der Waals surface area contributed by atoms with Crippen LogP contribution in [-0.2, 0) is 4.79 Å². The largest absolute Gasteiger partial charge is 0.478 e. The lowest BCUT2D eigenvalue weighted by Gasteiger charge is -2.01. The Kier molecular flexibility index (Phi) is 4.21. The number of amides is 1. The highest BCUT2D eigenvalue weighted by molar-refractivity contribution is 7.16. The first-order chi connectivity index (χ1) is 9.54. The number of nitrogens with zero attached hydrogens (tertiary/aromatic N) is 2. The number of carbonyl (C=O) groups is 2. The van der Waals surface area contributed by atoms with Crippen LogP contribution in [0, 0.1) is 6.92 Å². The fourth-order valence-electron chi connectivity index (χ4n) is 1.42. The Balaban J connectivity index is 2.07. The van der Waals surface area contributed by atoms with E-state index in [2.05, 4.69) is 15.3 Å². The molecule has 0 aromatic carbocycles. The van der Waals surface area contributed by atoms with E-state index in [0.717, 1.165) is 11.6 Å². The molecule has 0 fully saturated rings. The smallest absolute Gasteiger partial charge is 0.328 e. The Morgan fingerprint density at radius 3 is 2.85 bits per heavy atom. The molecule has 7 heteroatoms. The molecular weight excluding hydrogens is 278 g/mol. The number of pyridine rings is 1. The van der Waals surface area contributed by atoms with Crippen LogP contribution >= 0.6 is 11.3 Å². The monoisotopic (exact) mass is 289 g/mol. The molecule has 2 aromatic rings. The van der Waals surface area contributed by atoms with Gasteiger partial charge in [0, 0.05) is 29.5 Å². The van der Waals surface area contributed by atoms with Crippen molar-refractivity contribution < 1.29 is 14.7 Å². The van der Waals surface area contributed by atoms with Crippen LogP contribution in [0.2, 0.25) is 0 Å². The van der Waals surface area contributed by atoms with Gasteiger partial charge >= 0.3 is 5.97 Å². The summed E-state index contributed by atoms with van der Waals surface area (Å²) in [5.74, 6) is -1.33. The summed E-state index contributed by atoms with van der Waals surface area (Å²) in [6.45, 7) is 1.85. The lowest BCUT2D eigenvalue weighted by atomic mass is 10.2. The number of anilines is 1. The van der Waals surface area contributed by atoms with E-state index in [9.17, 15) is 9.59 Å². The Hall–Kier alpha value is -2.54. The fourth-order valence-corrected chi connectivity index (χ4v) is 2.14. The number of nitrogens with one attached hydrogen (secondary N) is 1. The molecule has 0 bridgehead atoms. The van der Waals surface area contributed by atoms with Gasteiger partial charge in [0.25, 0.3) is 5.91 Å². The predicted octanol–water partition coefficient (Wildman–Crippen LogP) is 2.20. The first-order valence-electron chi connectivity index (χ1n) is 5.64. The topological polar surface area (TPSA) is 92.2 Å². The van der Waals surface area contributed by atoms with Crippen LogP contribution in [0.5, 0.6) is 0 Å². The second-order valence-electron chi connectivity index (χ2n) is 3.94.